The maximum atomic E-state index is 13.1. The number of rotatable bonds is 11. The van der Waals surface area contributed by atoms with Gasteiger partial charge < -0.3 is 13.9 Å². The summed E-state index contributed by atoms with van der Waals surface area (Å²) in [4.78, 5) is 26.1. The fourth-order valence-corrected chi connectivity index (χ4v) is 10.5. The molecule has 40 heavy (non-hydrogen) atoms. The Hall–Kier alpha value is -2.90. The van der Waals surface area contributed by atoms with E-state index in [2.05, 4.69) is 45.0 Å². The van der Waals surface area contributed by atoms with Crippen molar-refractivity contribution in [1.29, 1.82) is 0 Å². The molecule has 3 aromatic carbocycles. The van der Waals surface area contributed by atoms with Crippen molar-refractivity contribution in [2.75, 3.05) is 0 Å². The fourth-order valence-electron chi connectivity index (χ4n) is 5.77. The van der Waals surface area contributed by atoms with Crippen LogP contribution in [0, 0.1) is 0 Å². The summed E-state index contributed by atoms with van der Waals surface area (Å²) in [7, 11) is -2.77. The topological polar surface area (TPSA) is 61.8 Å². The van der Waals surface area contributed by atoms with Crippen LogP contribution in [0.3, 0.4) is 0 Å². The molecule has 5 nitrogen and oxygen atoms in total. The van der Waals surface area contributed by atoms with Crippen LogP contribution < -0.4 is 10.4 Å². The van der Waals surface area contributed by atoms with Crippen LogP contribution in [-0.2, 0) is 23.5 Å². The number of hydrogen-bond acceptors (Lipinski definition) is 5. The third kappa shape index (κ3) is 7.24. The average Bonchev–Trinajstić information content (AvgIpc) is 2.92. The molecule has 0 saturated carbocycles. The van der Waals surface area contributed by atoms with Crippen LogP contribution in [0.15, 0.2) is 91.0 Å². The van der Waals surface area contributed by atoms with E-state index < -0.39 is 14.6 Å². The Labute approximate surface area is 240 Å². The van der Waals surface area contributed by atoms with Crippen LogP contribution in [0.2, 0.25) is 5.04 Å². The molecule has 6 heteroatoms. The lowest BCUT2D eigenvalue weighted by Gasteiger charge is -2.44. The van der Waals surface area contributed by atoms with Gasteiger partial charge in [0.05, 0.1) is 18.6 Å². The average molecular weight is 559 g/mol. The minimum absolute atomic E-state index is 0.0349. The summed E-state index contributed by atoms with van der Waals surface area (Å²) in [6.07, 6.45) is -0.254. The van der Waals surface area contributed by atoms with E-state index in [1.807, 2.05) is 80.6 Å². The Morgan fingerprint density at radius 2 is 1.38 bits per heavy atom. The molecular formula is C34H42O5Si. The monoisotopic (exact) mass is 558 g/mol. The smallest absolute Gasteiger partial charge is 0.261 e. The minimum Gasteiger partial charge on any atom is -0.404 e. The first-order valence-electron chi connectivity index (χ1n) is 14.3. The van der Waals surface area contributed by atoms with Gasteiger partial charge in [-0.05, 0) is 29.3 Å². The van der Waals surface area contributed by atoms with Crippen molar-refractivity contribution in [3.63, 3.8) is 0 Å². The van der Waals surface area contributed by atoms with Crippen molar-refractivity contribution in [3.8, 4) is 0 Å². The molecule has 0 bridgehead atoms. The van der Waals surface area contributed by atoms with Gasteiger partial charge in [-0.3, -0.25) is 9.59 Å². The zero-order valence-corrected chi connectivity index (χ0v) is 25.3. The predicted molar refractivity (Wildman–Crippen MR) is 161 cm³/mol. The minimum atomic E-state index is -2.77. The van der Waals surface area contributed by atoms with Crippen molar-refractivity contribution in [1.82, 2.24) is 0 Å². The molecule has 4 atom stereocenters. The van der Waals surface area contributed by atoms with Crippen LogP contribution >= 0.6 is 0 Å². The Morgan fingerprint density at radius 1 is 0.850 bits per heavy atom. The molecule has 0 amide bonds. The van der Waals surface area contributed by atoms with E-state index in [4.69, 9.17) is 13.9 Å². The van der Waals surface area contributed by atoms with Gasteiger partial charge in [0.2, 0.25) is 0 Å². The molecule has 0 unspecified atom stereocenters. The lowest BCUT2D eigenvalue weighted by Crippen LogP contribution is -2.67. The fraction of sp³-hybridized carbons (Fsp3) is 0.412. The number of benzene rings is 3. The molecule has 4 rings (SSSR count). The first kappa shape index (κ1) is 30.1. The van der Waals surface area contributed by atoms with Gasteiger partial charge >= 0.3 is 0 Å². The molecule has 0 aromatic heterocycles. The molecule has 0 spiro atoms. The number of carbonyl (C=O) groups is 2. The SMILES string of the molecule is C[C@H](CC(=O)CC(=O)C[C@@H]1C[C@H](C)O[C@H](c2ccccc2)O1)O[Si](c1ccccc1)(c1ccccc1)C(C)(C)C. The normalized spacial score (nSPS) is 20.6. The third-order valence-corrected chi connectivity index (χ3v) is 12.7. The predicted octanol–water partition coefficient (Wildman–Crippen LogP) is 6.15. The second kappa shape index (κ2) is 13.2. The number of ketones is 2. The van der Waals surface area contributed by atoms with Crippen molar-refractivity contribution in [2.24, 2.45) is 0 Å². The van der Waals surface area contributed by atoms with E-state index in [-0.39, 0.29) is 54.2 Å². The molecular weight excluding hydrogens is 516 g/mol. The highest BCUT2D eigenvalue weighted by atomic mass is 28.4. The molecule has 1 fully saturated rings. The van der Waals surface area contributed by atoms with Crippen molar-refractivity contribution in [2.45, 2.75) is 89.9 Å². The van der Waals surface area contributed by atoms with Crippen LogP contribution in [0.4, 0.5) is 0 Å². The van der Waals surface area contributed by atoms with E-state index >= 15 is 0 Å². The third-order valence-electron chi connectivity index (χ3n) is 7.50. The van der Waals surface area contributed by atoms with Gasteiger partial charge in [-0.1, -0.05) is 112 Å². The van der Waals surface area contributed by atoms with E-state index in [0.29, 0.717) is 6.42 Å². The van der Waals surface area contributed by atoms with E-state index in [1.54, 1.807) is 0 Å². The summed E-state index contributed by atoms with van der Waals surface area (Å²) < 4.78 is 19.1. The standard InChI is InChI=1S/C34H42O5Si/c1-25-22-30(38-33(37-25)27-15-9-6-10-16-27)24-29(36)23-28(35)21-26(2)39-40(34(3,4)5,31-17-11-7-12-18-31)32-19-13-8-14-20-32/h6-20,25-26,30,33H,21-24H2,1-5H3/t25-,26+,30-,33-/m0/s1. The van der Waals surface area contributed by atoms with Crippen LogP contribution in [-0.4, -0.2) is 38.2 Å². The summed E-state index contributed by atoms with van der Waals surface area (Å²) in [5.74, 6) is -0.205. The Morgan fingerprint density at radius 3 is 1.90 bits per heavy atom. The molecule has 3 aromatic rings. The highest BCUT2D eigenvalue weighted by Gasteiger charge is 2.51. The summed E-state index contributed by atoms with van der Waals surface area (Å²) >= 11 is 0. The van der Waals surface area contributed by atoms with E-state index in [9.17, 15) is 9.59 Å². The maximum Gasteiger partial charge on any atom is 0.261 e. The number of carbonyl (C=O) groups excluding carboxylic acids is 2. The second-order valence-electron chi connectivity index (χ2n) is 11.9. The molecule has 212 valence electrons. The first-order chi connectivity index (χ1) is 19.1. The van der Waals surface area contributed by atoms with Gasteiger partial charge in [0.25, 0.3) is 8.32 Å². The van der Waals surface area contributed by atoms with Gasteiger partial charge in [-0.15, -0.1) is 0 Å². The highest BCUT2D eigenvalue weighted by molar-refractivity contribution is 6.99. The Balaban J connectivity index is 1.42. The highest BCUT2D eigenvalue weighted by Crippen LogP contribution is 2.38. The van der Waals surface area contributed by atoms with E-state index in [0.717, 1.165) is 5.56 Å². The van der Waals surface area contributed by atoms with Crippen LogP contribution in [0.1, 0.15) is 72.2 Å². The lowest BCUT2D eigenvalue weighted by molar-refractivity contribution is -0.243. The Bertz CT molecular complexity index is 1200. The number of Topliss-reactive ketones (excluding diaryl/α,β-unsaturated/α-hetero) is 2. The summed E-state index contributed by atoms with van der Waals surface area (Å²) in [6, 6.07) is 30.5. The molecule has 1 saturated heterocycles. The van der Waals surface area contributed by atoms with Crippen molar-refractivity contribution in [3.05, 3.63) is 96.6 Å². The summed E-state index contributed by atoms with van der Waals surface area (Å²) in [5, 5.41) is 2.15. The van der Waals surface area contributed by atoms with Gasteiger partial charge in [0, 0.05) is 30.9 Å². The molecule has 1 heterocycles. The molecule has 0 radical (unpaired) electrons. The zero-order valence-electron chi connectivity index (χ0n) is 24.3. The molecule has 1 aliphatic heterocycles. The van der Waals surface area contributed by atoms with Crippen molar-refractivity contribution >= 4 is 30.3 Å². The van der Waals surface area contributed by atoms with E-state index in [1.165, 1.54) is 10.4 Å². The lowest BCUT2D eigenvalue weighted by atomic mass is 10.0. The largest absolute Gasteiger partial charge is 0.404 e. The molecule has 0 N–H and O–H groups in total. The summed E-state index contributed by atoms with van der Waals surface area (Å²) in [5.41, 5.74) is 0.928. The first-order valence-corrected chi connectivity index (χ1v) is 16.2. The zero-order chi connectivity index (χ0) is 28.8. The molecule has 1 aliphatic rings. The number of hydrogen-bond donors (Lipinski definition) is 0. The maximum absolute atomic E-state index is 13.1. The Kier molecular flexibility index (Phi) is 9.90. The summed E-state index contributed by atoms with van der Waals surface area (Å²) in [6.45, 7) is 10.6. The van der Waals surface area contributed by atoms with Gasteiger partial charge in [0.15, 0.2) is 6.29 Å². The van der Waals surface area contributed by atoms with Crippen LogP contribution in [0.5, 0.6) is 0 Å². The number of ether oxygens (including phenoxy) is 2. The quantitative estimate of drug-likeness (QED) is 0.209. The van der Waals surface area contributed by atoms with Gasteiger partial charge in [0.1, 0.15) is 11.6 Å². The van der Waals surface area contributed by atoms with Crippen LogP contribution in [0.25, 0.3) is 0 Å². The molecule has 0 aliphatic carbocycles. The van der Waals surface area contributed by atoms with Gasteiger partial charge in [-0.2, -0.15) is 0 Å². The second-order valence-corrected chi connectivity index (χ2v) is 16.2. The van der Waals surface area contributed by atoms with Gasteiger partial charge in [-0.25, -0.2) is 0 Å². The van der Waals surface area contributed by atoms with Crippen molar-refractivity contribution < 1.29 is 23.5 Å².